The van der Waals surface area contributed by atoms with Crippen LogP contribution in [0.25, 0.3) is 26.0 Å². The lowest BCUT2D eigenvalue weighted by atomic mass is 10.0. The van der Waals surface area contributed by atoms with Gasteiger partial charge in [-0.25, -0.2) is 28.8 Å². The zero-order valence-corrected chi connectivity index (χ0v) is 24.0. The number of amides is 1. The van der Waals surface area contributed by atoms with Gasteiger partial charge in [0.05, 0.1) is 24.3 Å². The molecule has 0 bridgehead atoms. The lowest BCUT2D eigenvalue weighted by Crippen LogP contribution is -2.47. The van der Waals surface area contributed by atoms with Crippen molar-refractivity contribution < 1.29 is 23.4 Å². The fourth-order valence-electron chi connectivity index (χ4n) is 4.20. The van der Waals surface area contributed by atoms with Crippen molar-refractivity contribution in [3.05, 3.63) is 30.5 Å². The van der Waals surface area contributed by atoms with Gasteiger partial charge in [-0.05, 0) is 33.6 Å². The number of carbonyl (C=O) groups excluding carboxylic acids is 1. The molecule has 5 heterocycles. The van der Waals surface area contributed by atoms with Crippen LogP contribution in [0.3, 0.4) is 0 Å². The van der Waals surface area contributed by atoms with Crippen molar-refractivity contribution in [2.75, 3.05) is 38.9 Å². The first kappa shape index (κ1) is 27.2. The van der Waals surface area contributed by atoms with E-state index in [-0.39, 0.29) is 18.9 Å². The standard InChI is InChI=1S/C25H30FN7O4S2/c1-25(2,3)37-24(34)32-8-6-16(7-9-32)31(4)23-30-22-21(39-23)29-20(38-22)19-18(36-14-35-5)10-17(12-27-19)33-13-15(26)11-28-33/h10-13,16H,6-9,14H2,1-5H3. The second-order valence-corrected chi connectivity index (χ2v) is 12.1. The average molecular weight is 576 g/mol. The maximum atomic E-state index is 13.5. The lowest BCUT2D eigenvalue weighted by Gasteiger charge is -2.37. The second-order valence-electron chi connectivity index (χ2n) is 10.1. The van der Waals surface area contributed by atoms with Crippen LogP contribution in [0.1, 0.15) is 33.6 Å². The molecule has 1 saturated heterocycles. The van der Waals surface area contributed by atoms with E-state index in [0.717, 1.165) is 33.8 Å². The molecule has 4 aromatic heterocycles. The molecule has 0 aromatic carbocycles. The van der Waals surface area contributed by atoms with Gasteiger partial charge in [0.15, 0.2) is 33.2 Å². The molecule has 14 heteroatoms. The maximum absolute atomic E-state index is 13.5. The smallest absolute Gasteiger partial charge is 0.410 e. The molecule has 11 nitrogen and oxygen atoms in total. The van der Waals surface area contributed by atoms with E-state index >= 15 is 0 Å². The van der Waals surface area contributed by atoms with Gasteiger partial charge in [0.2, 0.25) is 0 Å². The van der Waals surface area contributed by atoms with E-state index in [4.69, 9.17) is 24.2 Å². The molecule has 0 aliphatic carbocycles. The Hall–Kier alpha value is -3.36. The van der Waals surface area contributed by atoms with E-state index < -0.39 is 11.4 Å². The molecular formula is C25H30FN7O4S2. The molecule has 208 valence electrons. The summed E-state index contributed by atoms with van der Waals surface area (Å²) < 4.78 is 31.2. The number of pyridine rings is 1. The third-order valence-electron chi connectivity index (χ3n) is 6.12. The molecule has 0 unspecified atom stereocenters. The Morgan fingerprint density at radius 2 is 1.92 bits per heavy atom. The van der Waals surface area contributed by atoms with Gasteiger partial charge in [0, 0.05) is 39.4 Å². The molecule has 1 amide bonds. The summed E-state index contributed by atoms with van der Waals surface area (Å²) in [6, 6.07) is 1.98. The minimum atomic E-state index is -0.503. The molecule has 5 rings (SSSR count). The molecule has 0 saturated carbocycles. The summed E-state index contributed by atoms with van der Waals surface area (Å²) in [6.07, 6.45) is 5.38. The number of hydrogen-bond donors (Lipinski definition) is 0. The van der Waals surface area contributed by atoms with Gasteiger partial charge in [-0.2, -0.15) is 5.10 Å². The summed E-state index contributed by atoms with van der Waals surface area (Å²) in [6.45, 7) is 6.93. The average Bonchev–Trinajstić information content (AvgIpc) is 3.61. The van der Waals surface area contributed by atoms with E-state index in [1.807, 2.05) is 27.8 Å². The molecule has 0 atom stereocenters. The third kappa shape index (κ3) is 6.12. The minimum Gasteiger partial charge on any atom is -0.465 e. The molecule has 0 spiro atoms. The first-order valence-electron chi connectivity index (χ1n) is 12.4. The lowest BCUT2D eigenvalue weighted by molar-refractivity contribution is 0.0205. The van der Waals surface area contributed by atoms with E-state index in [9.17, 15) is 9.18 Å². The number of piperidine rings is 1. The fraction of sp³-hybridized carbons (Fsp3) is 0.480. The number of rotatable bonds is 7. The fourth-order valence-corrected chi connectivity index (χ4v) is 6.27. The van der Waals surface area contributed by atoms with Crippen molar-refractivity contribution in [1.29, 1.82) is 0 Å². The molecule has 1 aliphatic heterocycles. The number of anilines is 1. The molecule has 39 heavy (non-hydrogen) atoms. The topological polar surface area (TPSA) is 108 Å². The van der Waals surface area contributed by atoms with Crippen LogP contribution in [0.15, 0.2) is 24.7 Å². The Labute approximate surface area is 233 Å². The molecule has 1 fully saturated rings. The Morgan fingerprint density at radius 3 is 2.56 bits per heavy atom. The molecule has 4 aromatic rings. The summed E-state index contributed by atoms with van der Waals surface area (Å²) in [7, 11) is 3.56. The number of hydrogen-bond acceptors (Lipinski definition) is 11. The SMILES string of the molecule is COCOc1cc(-n2cc(F)cn2)cnc1-c1nc2sc(N(C)C3CCN(C(=O)OC(C)(C)C)CC3)nc2s1. The van der Waals surface area contributed by atoms with Gasteiger partial charge < -0.3 is 24.0 Å². The van der Waals surface area contributed by atoms with Gasteiger partial charge >= 0.3 is 6.09 Å². The Bertz CT molecular complexity index is 1420. The highest BCUT2D eigenvalue weighted by Gasteiger charge is 2.30. The van der Waals surface area contributed by atoms with Gasteiger partial charge in [-0.3, -0.25) is 0 Å². The largest absolute Gasteiger partial charge is 0.465 e. The van der Waals surface area contributed by atoms with Crippen molar-refractivity contribution in [2.45, 2.75) is 45.3 Å². The summed E-state index contributed by atoms with van der Waals surface area (Å²) in [5, 5.41) is 5.53. The number of ether oxygens (including phenoxy) is 3. The number of aromatic nitrogens is 5. The Morgan fingerprint density at radius 1 is 1.18 bits per heavy atom. The summed E-state index contributed by atoms with van der Waals surface area (Å²) in [5.74, 6) is -0.000197. The Balaban J connectivity index is 1.30. The predicted molar refractivity (Wildman–Crippen MR) is 147 cm³/mol. The number of halogens is 1. The monoisotopic (exact) mass is 575 g/mol. The van der Waals surface area contributed by atoms with E-state index in [1.54, 1.807) is 17.2 Å². The van der Waals surface area contributed by atoms with Crippen molar-refractivity contribution >= 4 is 43.6 Å². The highest BCUT2D eigenvalue weighted by molar-refractivity contribution is 7.29. The quantitative estimate of drug-likeness (QED) is 0.283. The van der Waals surface area contributed by atoms with Gasteiger partial charge in [-0.15, -0.1) is 0 Å². The van der Waals surface area contributed by atoms with Crippen LogP contribution in [0.5, 0.6) is 5.75 Å². The first-order chi connectivity index (χ1) is 18.6. The zero-order valence-electron chi connectivity index (χ0n) is 22.4. The maximum Gasteiger partial charge on any atom is 0.410 e. The number of thiazole rings is 2. The highest BCUT2D eigenvalue weighted by atomic mass is 32.1. The van der Waals surface area contributed by atoms with Crippen LogP contribution < -0.4 is 9.64 Å². The van der Waals surface area contributed by atoms with Crippen molar-refractivity contribution in [3.63, 3.8) is 0 Å². The summed E-state index contributed by atoms with van der Waals surface area (Å²) in [4.78, 5) is 32.1. The normalized spacial score (nSPS) is 14.7. The molecule has 1 aliphatic rings. The third-order valence-corrected chi connectivity index (χ3v) is 8.24. The first-order valence-corrected chi connectivity index (χ1v) is 14.1. The van der Waals surface area contributed by atoms with Crippen LogP contribution in [0.2, 0.25) is 0 Å². The van der Waals surface area contributed by atoms with Crippen LogP contribution in [-0.4, -0.2) is 81.4 Å². The number of likely N-dealkylation sites (tertiary alicyclic amines) is 1. The number of fused-ring (bicyclic) bond motifs is 1. The molecular weight excluding hydrogens is 545 g/mol. The van der Waals surface area contributed by atoms with E-state index in [2.05, 4.69) is 15.0 Å². The summed E-state index contributed by atoms with van der Waals surface area (Å²) >= 11 is 2.94. The van der Waals surface area contributed by atoms with Crippen LogP contribution in [0.4, 0.5) is 14.3 Å². The number of carbonyl (C=O) groups is 1. The molecule has 0 radical (unpaired) electrons. The van der Waals surface area contributed by atoms with Crippen LogP contribution in [-0.2, 0) is 9.47 Å². The van der Waals surface area contributed by atoms with Crippen molar-refractivity contribution in [3.8, 4) is 22.1 Å². The predicted octanol–water partition coefficient (Wildman–Crippen LogP) is 4.96. The van der Waals surface area contributed by atoms with Crippen molar-refractivity contribution in [1.82, 2.24) is 29.6 Å². The second kappa shape index (κ2) is 11.0. The van der Waals surface area contributed by atoms with Gasteiger partial charge in [-0.1, -0.05) is 22.7 Å². The minimum absolute atomic E-state index is 0.0191. The van der Waals surface area contributed by atoms with Crippen LogP contribution in [0, 0.1) is 5.82 Å². The van der Waals surface area contributed by atoms with Gasteiger partial charge in [0.1, 0.15) is 16.3 Å². The highest BCUT2D eigenvalue weighted by Crippen LogP contribution is 2.39. The molecule has 0 N–H and O–H groups in total. The summed E-state index contributed by atoms with van der Waals surface area (Å²) in [5.41, 5.74) is 0.589. The van der Waals surface area contributed by atoms with Gasteiger partial charge in [0.25, 0.3) is 0 Å². The number of methoxy groups -OCH3 is 1. The zero-order chi connectivity index (χ0) is 27.7. The van der Waals surface area contributed by atoms with E-state index in [1.165, 1.54) is 40.7 Å². The van der Waals surface area contributed by atoms with E-state index in [0.29, 0.717) is 35.2 Å². The number of nitrogens with zero attached hydrogens (tertiary/aromatic N) is 7. The van der Waals surface area contributed by atoms with Crippen LogP contribution >= 0.6 is 22.7 Å². The van der Waals surface area contributed by atoms with Crippen molar-refractivity contribution in [2.24, 2.45) is 0 Å². The Kier molecular flexibility index (Phi) is 7.69.